The molecule has 0 spiro atoms. The van der Waals surface area contributed by atoms with Gasteiger partial charge in [-0.05, 0) is 11.6 Å². The van der Waals surface area contributed by atoms with Crippen LogP contribution in [0.15, 0.2) is 48.5 Å². The molecule has 0 aromatic heterocycles. The number of piperazine rings is 1. The van der Waals surface area contributed by atoms with Gasteiger partial charge in [-0.1, -0.05) is 43.8 Å². The van der Waals surface area contributed by atoms with E-state index in [0.717, 1.165) is 11.6 Å². The highest BCUT2D eigenvalue weighted by Gasteiger charge is 2.51. The molecule has 0 aliphatic carbocycles. The van der Waals surface area contributed by atoms with Crippen molar-refractivity contribution >= 4 is 24.3 Å². The molecular formula is C25H29F2N5O5. The van der Waals surface area contributed by atoms with Crippen LogP contribution in [0.1, 0.15) is 18.6 Å². The van der Waals surface area contributed by atoms with E-state index in [4.69, 9.17) is 4.74 Å². The molecule has 12 heteroatoms. The molecule has 2 saturated heterocycles. The minimum Gasteiger partial charge on any atom is -0.465 e. The van der Waals surface area contributed by atoms with Crippen LogP contribution in [0, 0.1) is 11.6 Å². The lowest BCUT2D eigenvalue weighted by molar-refractivity contribution is -0.191. The number of nitrogens with zero attached hydrogens (tertiary/aromatic N) is 4. The molecular weight excluding hydrogens is 488 g/mol. The zero-order chi connectivity index (χ0) is 25.8. The van der Waals surface area contributed by atoms with Gasteiger partial charge in [0.15, 0.2) is 0 Å². The van der Waals surface area contributed by atoms with Crippen molar-refractivity contribution in [2.75, 3.05) is 26.7 Å². The third kappa shape index (κ3) is 5.85. The summed E-state index contributed by atoms with van der Waals surface area (Å²) >= 11 is 0. The molecule has 10 nitrogen and oxygen atoms in total. The number of rotatable bonds is 7. The summed E-state index contributed by atoms with van der Waals surface area (Å²) in [7, 11) is 1.56. The van der Waals surface area contributed by atoms with Crippen LogP contribution in [0.4, 0.5) is 13.6 Å². The predicted octanol–water partition coefficient (Wildman–Crippen LogP) is 1.71. The van der Waals surface area contributed by atoms with Crippen LogP contribution < -0.4 is 5.32 Å². The predicted molar refractivity (Wildman–Crippen MR) is 128 cm³/mol. The summed E-state index contributed by atoms with van der Waals surface area (Å²) in [6, 6.07) is 10.5. The molecule has 0 bridgehead atoms. The Hall–Kier alpha value is -4.06. The van der Waals surface area contributed by atoms with Crippen LogP contribution >= 0.6 is 0 Å². The van der Waals surface area contributed by atoms with E-state index in [1.165, 1.54) is 25.9 Å². The average Bonchev–Trinajstić information content (AvgIpc) is 2.85. The molecule has 2 heterocycles. The van der Waals surface area contributed by atoms with Crippen molar-refractivity contribution in [3.05, 3.63) is 71.3 Å². The van der Waals surface area contributed by atoms with E-state index in [9.17, 15) is 28.0 Å². The number of carbonyl (C=O) groups is 4. The number of amides is 4. The molecule has 2 aromatic carbocycles. The van der Waals surface area contributed by atoms with E-state index in [2.05, 4.69) is 5.32 Å². The lowest BCUT2D eigenvalue weighted by atomic mass is 10.1. The van der Waals surface area contributed by atoms with E-state index in [0.29, 0.717) is 6.07 Å². The zero-order valence-electron chi connectivity index (χ0n) is 19.5. The summed E-state index contributed by atoms with van der Waals surface area (Å²) in [6.45, 7) is -0.604. The molecule has 2 atom stereocenters. The van der Waals surface area contributed by atoms with Crippen molar-refractivity contribution in [1.82, 2.24) is 25.1 Å². The molecule has 1 N–H and O–H groups in total. The highest BCUT2D eigenvalue weighted by Crippen LogP contribution is 2.27. The molecule has 2 aliphatic rings. The van der Waals surface area contributed by atoms with Crippen LogP contribution in [-0.4, -0.2) is 83.1 Å². The van der Waals surface area contributed by atoms with Gasteiger partial charge < -0.3 is 19.9 Å². The largest absolute Gasteiger partial charge is 0.465 e. The number of halogens is 2. The standard InChI is InChI=1S/C24H25F2N5O5.CH4/c1-28-13-22(33)30-20(14-36-15-32)23(34)29(11-17-7-8-18(25)9-19(17)26)12-21(30)31(28)24(35)27-10-16-5-3-2-4-6-16;/h2-9,15,20-21H,10-14H2,1H3,(H,27,35);1H4/t20-,21-;/m0./s1. The van der Waals surface area contributed by atoms with Gasteiger partial charge in [-0.3, -0.25) is 14.4 Å². The minimum absolute atomic E-state index is 0. The summed E-state index contributed by atoms with van der Waals surface area (Å²) in [6.07, 6.45) is -0.950. The highest BCUT2D eigenvalue weighted by molar-refractivity contribution is 5.91. The fourth-order valence-corrected chi connectivity index (χ4v) is 4.45. The van der Waals surface area contributed by atoms with Gasteiger partial charge in [0.2, 0.25) is 11.8 Å². The fourth-order valence-electron chi connectivity index (χ4n) is 4.45. The maximum absolute atomic E-state index is 14.4. The molecule has 2 fully saturated rings. The number of hydrogen-bond donors (Lipinski definition) is 1. The van der Waals surface area contributed by atoms with Crippen molar-refractivity contribution < 1.29 is 32.7 Å². The first-order valence-corrected chi connectivity index (χ1v) is 11.2. The number of nitrogens with one attached hydrogen (secondary N) is 1. The normalized spacial score (nSPS) is 19.7. The van der Waals surface area contributed by atoms with E-state index in [1.54, 1.807) is 7.05 Å². The Morgan fingerprint density at radius 2 is 1.89 bits per heavy atom. The topological polar surface area (TPSA) is 102 Å². The summed E-state index contributed by atoms with van der Waals surface area (Å²) in [5.41, 5.74) is 0.923. The molecule has 0 unspecified atom stereocenters. The van der Waals surface area contributed by atoms with Crippen molar-refractivity contribution in [2.24, 2.45) is 0 Å². The first kappa shape index (κ1) is 27.5. The number of ether oxygens (including phenoxy) is 1. The Morgan fingerprint density at radius 3 is 2.57 bits per heavy atom. The smallest absolute Gasteiger partial charge is 0.334 e. The second-order valence-electron chi connectivity index (χ2n) is 8.49. The third-order valence-corrected chi connectivity index (χ3v) is 6.13. The second-order valence-corrected chi connectivity index (χ2v) is 8.49. The Morgan fingerprint density at radius 1 is 1.16 bits per heavy atom. The summed E-state index contributed by atoms with van der Waals surface area (Å²) in [5.74, 6) is -2.61. The van der Waals surface area contributed by atoms with Crippen molar-refractivity contribution in [1.29, 1.82) is 0 Å². The molecule has 4 amide bonds. The van der Waals surface area contributed by atoms with Gasteiger partial charge >= 0.3 is 6.03 Å². The minimum atomic E-state index is -1.22. The number of benzene rings is 2. The van der Waals surface area contributed by atoms with Crippen LogP contribution in [0.5, 0.6) is 0 Å². The first-order valence-electron chi connectivity index (χ1n) is 11.2. The number of carbonyl (C=O) groups excluding carboxylic acids is 4. The van der Waals surface area contributed by atoms with Gasteiger partial charge in [0.05, 0.1) is 13.1 Å². The monoisotopic (exact) mass is 517 g/mol. The van der Waals surface area contributed by atoms with Gasteiger partial charge in [-0.15, -0.1) is 0 Å². The maximum atomic E-state index is 14.4. The van der Waals surface area contributed by atoms with Gasteiger partial charge in [0.25, 0.3) is 6.47 Å². The SMILES string of the molecule is C.CN1CC(=O)N2[C@@H](COC=O)C(=O)N(Cc3ccc(F)cc3F)C[C@@H]2N1C(=O)NCc1ccccc1. The van der Waals surface area contributed by atoms with Crippen LogP contribution in [0.2, 0.25) is 0 Å². The van der Waals surface area contributed by atoms with Gasteiger partial charge in [0.1, 0.15) is 30.4 Å². The second kappa shape index (κ2) is 11.8. The van der Waals surface area contributed by atoms with E-state index in [1.807, 2.05) is 30.3 Å². The van der Waals surface area contributed by atoms with Gasteiger partial charge in [0, 0.05) is 31.8 Å². The first-order chi connectivity index (χ1) is 17.3. The molecule has 0 saturated carbocycles. The highest BCUT2D eigenvalue weighted by atomic mass is 19.1. The van der Waals surface area contributed by atoms with E-state index < -0.39 is 48.3 Å². The van der Waals surface area contributed by atoms with Crippen LogP contribution in [-0.2, 0) is 32.2 Å². The fraction of sp³-hybridized carbons (Fsp3) is 0.360. The number of hydrazine groups is 1. The molecule has 198 valence electrons. The maximum Gasteiger partial charge on any atom is 0.334 e. The van der Waals surface area contributed by atoms with Crippen molar-refractivity contribution in [3.63, 3.8) is 0 Å². The number of fused-ring (bicyclic) bond motifs is 1. The van der Waals surface area contributed by atoms with Crippen molar-refractivity contribution in [3.8, 4) is 0 Å². The quantitative estimate of drug-likeness (QED) is 0.561. The number of hydrogen-bond acceptors (Lipinski definition) is 6. The Balaban J connectivity index is 0.00000380. The molecule has 37 heavy (non-hydrogen) atoms. The lowest BCUT2D eigenvalue weighted by Crippen LogP contribution is -2.76. The van der Waals surface area contributed by atoms with Gasteiger partial charge in [-0.2, -0.15) is 0 Å². The Labute approximate surface area is 213 Å². The summed E-state index contributed by atoms with van der Waals surface area (Å²) in [5, 5.41) is 5.57. The van der Waals surface area contributed by atoms with Crippen molar-refractivity contribution in [2.45, 2.75) is 32.7 Å². The Bertz CT molecular complexity index is 1150. The zero-order valence-corrected chi connectivity index (χ0v) is 19.5. The Kier molecular flexibility index (Phi) is 8.77. The molecule has 0 radical (unpaired) electrons. The molecule has 4 rings (SSSR count). The summed E-state index contributed by atoms with van der Waals surface area (Å²) < 4.78 is 32.6. The number of urea groups is 1. The lowest BCUT2D eigenvalue weighted by Gasteiger charge is -2.54. The van der Waals surface area contributed by atoms with Crippen LogP contribution in [0.3, 0.4) is 0 Å². The third-order valence-electron chi connectivity index (χ3n) is 6.13. The molecule has 2 aromatic rings. The molecule has 2 aliphatic heterocycles. The summed E-state index contributed by atoms with van der Waals surface area (Å²) in [4.78, 5) is 52.9. The van der Waals surface area contributed by atoms with Crippen LogP contribution in [0.25, 0.3) is 0 Å². The van der Waals surface area contributed by atoms with E-state index in [-0.39, 0.29) is 45.6 Å². The van der Waals surface area contributed by atoms with Gasteiger partial charge in [-0.25, -0.2) is 23.6 Å². The van der Waals surface area contributed by atoms with E-state index >= 15 is 0 Å². The average molecular weight is 518 g/mol. The number of likely N-dealkylation sites (N-methyl/N-ethyl adjacent to an activating group) is 1.